The Morgan fingerprint density at radius 3 is 2.59 bits per heavy atom. The zero-order valence-electron chi connectivity index (χ0n) is 13.0. The molecule has 1 unspecified atom stereocenters. The molecule has 0 bridgehead atoms. The van der Waals surface area contributed by atoms with Crippen molar-refractivity contribution in [2.24, 2.45) is 11.8 Å². The summed E-state index contributed by atoms with van der Waals surface area (Å²) in [7, 11) is -3.14. The molecule has 124 valence electrons. The molecule has 1 N–H and O–H groups in total. The lowest BCUT2D eigenvalue weighted by molar-refractivity contribution is -0.190. The Morgan fingerprint density at radius 1 is 1.36 bits per heavy atom. The van der Waals surface area contributed by atoms with Gasteiger partial charge in [-0.25, -0.2) is 13.1 Å². The molecule has 1 spiro atoms. The van der Waals surface area contributed by atoms with E-state index in [1.54, 1.807) is 0 Å². The van der Waals surface area contributed by atoms with Gasteiger partial charge in [0.25, 0.3) is 0 Å². The Bertz CT molecular complexity index is 548. The maximum Gasteiger partial charge on any atom is 0.226 e. The van der Waals surface area contributed by atoms with Gasteiger partial charge >= 0.3 is 0 Å². The van der Waals surface area contributed by atoms with Crippen LogP contribution in [-0.4, -0.2) is 57.3 Å². The first-order valence-corrected chi connectivity index (χ1v) is 9.78. The molecule has 3 rings (SSSR count). The number of carbonyl (C=O) groups is 1. The quantitative estimate of drug-likeness (QED) is 0.763. The SMILES string of the molecule is CS(=O)(=O)NCC1CCC2(CN(C(=O)C3CC=CC3)C2)OC1. The first-order valence-electron chi connectivity index (χ1n) is 7.89. The Kier molecular flexibility index (Phi) is 4.31. The average molecular weight is 328 g/mol. The Hall–Kier alpha value is -0.920. The van der Waals surface area contributed by atoms with E-state index in [0.29, 0.717) is 26.2 Å². The van der Waals surface area contributed by atoms with Gasteiger partial charge in [-0.1, -0.05) is 12.2 Å². The third-order valence-electron chi connectivity index (χ3n) is 4.89. The number of ether oxygens (including phenoxy) is 1. The fourth-order valence-electron chi connectivity index (χ4n) is 3.48. The van der Waals surface area contributed by atoms with Crippen LogP contribution in [0.4, 0.5) is 0 Å². The molecule has 1 atom stereocenters. The van der Waals surface area contributed by atoms with E-state index < -0.39 is 10.0 Å². The highest BCUT2D eigenvalue weighted by Crippen LogP contribution is 2.37. The molecule has 22 heavy (non-hydrogen) atoms. The topological polar surface area (TPSA) is 75.7 Å². The maximum absolute atomic E-state index is 12.3. The number of rotatable bonds is 4. The molecule has 0 saturated carbocycles. The van der Waals surface area contributed by atoms with Crippen molar-refractivity contribution < 1.29 is 17.9 Å². The number of hydrogen-bond donors (Lipinski definition) is 1. The second kappa shape index (κ2) is 5.94. The first-order chi connectivity index (χ1) is 10.4. The smallest absolute Gasteiger partial charge is 0.226 e. The summed E-state index contributed by atoms with van der Waals surface area (Å²) < 4.78 is 30.7. The zero-order chi connectivity index (χ0) is 15.8. The van der Waals surface area contributed by atoms with Crippen LogP contribution in [0.2, 0.25) is 0 Å². The van der Waals surface area contributed by atoms with Crippen LogP contribution in [0.15, 0.2) is 12.2 Å². The summed E-state index contributed by atoms with van der Waals surface area (Å²) in [5.74, 6) is 0.608. The standard InChI is InChI=1S/C15H24N2O4S/c1-22(19,20)16-8-12-6-7-15(21-9-12)10-17(11-15)14(18)13-4-2-3-5-13/h2-3,12-13,16H,4-11H2,1H3. The number of carbonyl (C=O) groups excluding carboxylic acids is 1. The van der Waals surface area contributed by atoms with Crippen LogP contribution in [0.3, 0.4) is 0 Å². The molecule has 0 aromatic carbocycles. The van der Waals surface area contributed by atoms with Crippen LogP contribution in [0, 0.1) is 11.8 Å². The molecule has 6 nitrogen and oxygen atoms in total. The third kappa shape index (κ3) is 3.52. The Labute approximate surface area is 131 Å². The minimum absolute atomic E-state index is 0.132. The summed E-state index contributed by atoms with van der Waals surface area (Å²) in [6.07, 6.45) is 8.89. The molecular weight excluding hydrogens is 304 g/mol. The van der Waals surface area contributed by atoms with Crippen molar-refractivity contribution in [1.82, 2.24) is 9.62 Å². The molecule has 1 aliphatic carbocycles. The van der Waals surface area contributed by atoms with E-state index >= 15 is 0 Å². The predicted octanol–water partition coefficient (Wildman–Crippen LogP) is 0.509. The highest BCUT2D eigenvalue weighted by Gasteiger charge is 2.49. The molecule has 3 aliphatic rings. The van der Waals surface area contributed by atoms with E-state index in [-0.39, 0.29) is 23.3 Å². The summed E-state index contributed by atoms with van der Waals surface area (Å²) >= 11 is 0. The average Bonchev–Trinajstić information content (AvgIpc) is 2.96. The maximum atomic E-state index is 12.3. The summed E-state index contributed by atoms with van der Waals surface area (Å²) in [5.41, 5.74) is -0.177. The van der Waals surface area contributed by atoms with E-state index in [9.17, 15) is 13.2 Å². The monoisotopic (exact) mass is 328 g/mol. The molecule has 0 aromatic heterocycles. The number of sulfonamides is 1. The zero-order valence-corrected chi connectivity index (χ0v) is 13.8. The van der Waals surface area contributed by atoms with Crippen LogP contribution < -0.4 is 4.72 Å². The summed E-state index contributed by atoms with van der Waals surface area (Å²) in [6, 6.07) is 0. The lowest BCUT2D eigenvalue weighted by Crippen LogP contribution is -2.67. The van der Waals surface area contributed by atoms with E-state index in [0.717, 1.165) is 25.7 Å². The van der Waals surface area contributed by atoms with Gasteiger partial charge in [-0.2, -0.15) is 0 Å². The lowest BCUT2D eigenvalue weighted by atomic mass is 9.82. The van der Waals surface area contributed by atoms with Crippen molar-refractivity contribution in [1.29, 1.82) is 0 Å². The van der Waals surface area contributed by atoms with Crippen LogP contribution >= 0.6 is 0 Å². The van der Waals surface area contributed by atoms with Gasteiger partial charge in [0, 0.05) is 12.5 Å². The summed E-state index contributed by atoms with van der Waals surface area (Å²) in [4.78, 5) is 14.2. The largest absolute Gasteiger partial charge is 0.371 e. The number of allylic oxidation sites excluding steroid dienone is 2. The first kappa shape index (κ1) is 16.0. The summed E-state index contributed by atoms with van der Waals surface area (Å²) in [6.45, 7) is 2.38. The van der Waals surface area contributed by atoms with E-state index in [4.69, 9.17) is 4.74 Å². The second-order valence-electron chi connectivity index (χ2n) is 6.85. The number of nitrogens with one attached hydrogen (secondary N) is 1. The molecular formula is C15H24N2O4S. The van der Waals surface area contributed by atoms with Gasteiger partial charge in [0.1, 0.15) is 5.60 Å². The van der Waals surface area contributed by atoms with Gasteiger partial charge in [-0.15, -0.1) is 0 Å². The highest BCUT2D eigenvalue weighted by atomic mass is 32.2. The van der Waals surface area contributed by atoms with E-state index in [1.165, 1.54) is 6.26 Å². The van der Waals surface area contributed by atoms with Gasteiger partial charge < -0.3 is 9.64 Å². The number of amides is 1. The molecule has 1 amide bonds. The van der Waals surface area contributed by atoms with E-state index in [1.807, 2.05) is 4.90 Å². The van der Waals surface area contributed by atoms with Crippen molar-refractivity contribution in [2.45, 2.75) is 31.3 Å². The van der Waals surface area contributed by atoms with Gasteiger partial charge in [0.15, 0.2) is 0 Å². The van der Waals surface area contributed by atoms with Crippen LogP contribution in [0.25, 0.3) is 0 Å². The molecule has 2 saturated heterocycles. The minimum atomic E-state index is -3.14. The molecule has 0 radical (unpaired) electrons. The fourth-order valence-corrected chi connectivity index (χ4v) is 4.02. The number of nitrogens with zero attached hydrogens (tertiary/aromatic N) is 1. The van der Waals surface area contributed by atoms with Crippen LogP contribution in [-0.2, 0) is 19.6 Å². The van der Waals surface area contributed by atoms with Crippen molar-refractivity contribution in [3.05, 3.63) is 12.2 Å². The molecule has 2 heterocycles. The second-order valence-corrected chi connectivity index (χ2v) is 8.69. The van der Waals surface area contributed by atoms with Gasteiger partial charge in [0.05, 0.1) is 26.0 Å². The normalized spacial score (nSPS) is 28.0. The lowest BCUT2D eigenvalue weighted by Gasteiger charge is -2.53. The van der Waals surface area contributed by atoms with Crippen molar-refractivity contribution in [2.75, 3.05) is 32.5 Å². The minimum Gasteiger partial charge on any atom is -0.371 e. The van der Waals surface area contributed by atoms with Crippen molar-refractivity contribution in [3.8, 4) is 0 Å². The number of likely N-dealkylation sites (tertiary alicyclic amines) is 1. The van der Waals surface area contributed by atoms with Gasteiger partial charge in [-0.05, 0) is 31.6 Å². The third-order valence-corrected chi connectivity index (χ3v) is 5.59. The number of hydrogen-bond acceptors (Lipinski definition) is 4. The fraction of sp³-hybridized carbons (Fsp3) is 0.800. The molecule has 2 aliphatic heterocycles. The molecule has 2 fully saturated rings. The van der Waals surface area contributed by atoms with Gasteiger partial charge in [0.2, 0.25) is 15.9 Å². The molecule has 7 heteroatoms. The van der Waals surface area contributed by atoms with Gasteiger partial charge in [-0.3, -0.25) is 4.79 Å². The summed E-state index contributed by atoms with van der Waals surface area (Å²) in [5, 5.41) is 0. The van der Waals surface area contributed by atoms with Crippen molar-refractivity contribution >= 4 is 15.9 Å². The van der Waals surface area contributed by atoms with Crippen molar-refractivity contribution in [3.63, 3.8) is 0 Å². The Morgan fingerprint density at radius 2 is 2.05 bits per heavy atom. The molecule has 0 aromatic rings. The predicted molar refractivity (Wildman–Crippen MR) is 82.7 cm³/mol. The Balaban J connectivity index is 1.42. The van der Waals surface area contributed by atoms with Crippen LogP contribution in [0.5, 0.6) is 0 Å². The van der Waals surface area contributed by atoms with E-state index in [2.05, 4.69) is 16.9 Å². The van der Waals surface area contributed by atoms with Crippen LogP contribution in [0.1, 0.15) is 25.7 Å². The highest BCUT2D eigenvalue weighted by molar-refractivity contribution is 7.88.